The fraction of sp³-hybridized carbons (Fsp3) is 0.615. The number of fused-ring (bicyclic) bond motifs is 3. The topological polar surface area (TPSA) is 37.3 Å². The lowest BCUT2D eigenvalue weighted by Crippen LogP contribution is -2.32. The summed E-state index contributed by atoms with van der Waals surface area (Å²) in [7, 11) is 3.85. The van der Waals surface area contributed by atoms with E-state index in [0.717, 1.165) is 25.2 Å². The van der Waals surface area contributed by atoms with E-state index < -0.39 is 0 Å². The minimum absolute atomic E-state index is 0.167. The molecule has 92 valence electrons. The van der Waals surface area contributed by atoms with Crippen LogP contribution in [-0.2, 0) is 6.54 Å². The van der Waals surface area contributed by atoms with Crippen molar-refractivity contribution >= 4 is 5.69 Å². The van der Waals surface area contributed by atoms with Crippen molar-refractivity contribution in [2.75, 3.05) is 25.5 Å². The fourth-order valence-electron chi connectivity index (χ4n) is 2.75. The Kier molecular flexibility index (Phi) is 2.47. The van der Waals surface area contributed by atoms with Crippen molar-refractivity contribution < 1.29 is 0 Å². The number of hydrogen-bond donors (Lipinski definition) is 1. The maximum Gasteiger partial charge on any atom is 0.274 e. The van der Waals surface area contributed by atoms with Crippen LogP contribution in [0.4, 0.5) is 5.69 Å². The van der Waals surface area contributed by atoms with Gasteiger partial charge in [0.15, 0.2) is 0 Å². The van der Waals surface area contributed by atoms with Gasteiger partial charge in [0.05, 0.1) is 0 Å². The first-order chi connectivity index (χ1) is 8.18. The first-order valence-corrected chi connectivity index (χ1v) is 6.33. The van der Waals surface area contributed by atoms with E-state index in [2.05, 4.69) is 11.4 Å². The van der Waals surface area contributed by atoms with Gasteiger partial charge in [-0.05, 0) is 31.5 Å². The molecule has 1 aliphatic heterocycles. The predicted octanol–water partition coefficient (Wildman–Crippen LogP) is 0.764. The van der Waals surface area contributed by atoms with Crippen LogP contribution in [0, 0.1) is 0 Å². The summed E-state index contributed by atoms with van der Waals surface area (Å²) in [6.07, 6.45) is 2.22. The van der Waals surface area contributed by atoms with Gasteiger partial charge in [0.1, 0.15) is 5.69 Å². The Morgan fingerprint density at radius 1 is 1.41 bits per heavy atom. The van der Waals surface area contributed by atoms with E-state index >= 15 is 0 Å². The third kappa shape index (κ3) is 1.76. The van der Waals surface area contributed by atoms with Gasteiger partial charge in [-0.3, -0.25) is 4.79 Å². The molecule has 0 amide bonds. The molecule has 2 heterocycles. The van der Waals surface area contributed by atoms with Crippen LogP contribution in [0.5, 0.6) is 0 Å². The van der Waals surface area contributed by atoms with Gasteiger partial charge >= 0.3 is 0 Å². The molecule has 0 bridgehead atoms. The monoisotopic (exact) mass is 233 g/mol. The largest absolute Gasteiger partial charge is 0.373 e. The molecule has 17 heavy (non-hydrogen) atoms. The Bertz CT molecular complexity index is 492. The lowest BCUT2D eigenvalue weighted by Gasteiger charge is -2.20. The van der Waals surface area contributed by atoms with E-state index in [9.17, 15) is 4.79 Å². The van der Waals surface area contributed by atoms with Crippen molar-refractivity contribution in [2.45, 2.75) is 31.3 Å². The second-order valence-corrected chi connectivity index (χ2v) is 5.25. The Labute approximate surface area is 101 Å². The average Bonchev–Trinajstić information content (AvgIpc) is 3.00. The molecule has 1 aromatic rings. The Balaban J connectivity index is 2.09. The van der Waals surface area contributed by atoms with E-state index in [1.807, 2.05) is 29.6 Å². The van der Waals surface area contributed by atoms with Crippen molar-refractivity contribution in [3.05, 3.63) is 28.2 Å². The smallest absolute Gasteiger partial charge is 0.274 e. The molecule has 4 heteroatoms. The van der Waals surface area contributed by atoms with Crippen LogP contribution >= 0.6 is 0 Å². The van der Waals surface area contributed by atoms with Gasteiger partial charge in [0.2, 0.25) is 0 Å². The molecule has 1 fully saturated rings. The summed E-state index contributed by atoms with van der Waals surface area (Å²) in [6, 6.07) is 4.70. The van der Waals surface area contributed by atoms with Crippen LogP contribution in [0.15, 0.2) is 16.9 Å². The van der Waals surface area contributed by atoms with E-state index in [-0.39, 0.29) is 5.56 Å². The fourth-order valence-corrected chi connectivity index (χ4v) is 2.75. The summed E-state index contributed by atoms with van der Waals surface area (Å²) in [4.78, 5) is 14.3. The molecule has 1 aliphatic carbocycles. The molecule has 2 atom stereocenters. The molecule has 0 radical (unpaired) electrons. The summed E-state index contributed by atoms with van der Waals surface area (Å²) >= 11 is 0. The van der Waals surface area contributed by atoms with Crippen molar-refractivity contribution in [3.63, 3.8) is 0 Å². The van der Waals surface area contributed by atoms with Crippen LogP contribution in [0.2, 0.25) is 0 Å². The number of nitrogens with zero attached hydrogens (tertiary/aromatic N) is 2. The molecule has 4 nitrogen and oxygen atoms in total. The normalized spacial score (nSPS) is 26.5. The highest BCUT2D eigenvalue weighted by atomic mass is 16.1. The number of nitrogens with one attached hydrogen (secondary N) is 1. The summed E-state index contributed by atoms with van der Waals surface area (Å²) in [5, 5.41) is 3.53. The van der Waals surface area contributed by atoms with E-state index in [0.29, 0.717) is 12.0 Å². The molecule has 0 saturated heterocycles. The Morgan fingerprint density at radius 3 is 3.00 bits per heavy atom. The molecular formula is C13H19N3O. The maximum atomic E-state index is 12.4. The lowest BCUT2D eigenvalue weighted by molar-refractivity contribution is 0.522. The summed E-state index contributed by atoms with van der Waals surface area (Å²) < 4.78 is 1.99. The van der Waals surface area contributed by atoms with Gasteiger partial charge in [-0.2, -0.15) is 0 Å². The van der Waals surface area contributed by atoms with E-state index in [4.69, 9.17) is 0 Å². The molecule has 0 aromatic carbocycles. The predicted molar refractivity (Wildman–Crippen MR) is 68.8 cm³/mol. The number of rotatable bonds is 1. The molecule has 3 rings (SSSR count). The van der Waals surface area contributed by atoms with E-state index in [1.165, 1.54) is 12.1 Å². The van der Waals surface area contributed by atoms with Gasteiger partial charge in [-0.25, -0.2) is 0 Å². The quantitative estimate of drug-likeness (QED) is 0.778. The molecule has 1 saturated carbocycles. The van der Waals surface area contributed by atoms with E-state index in [1.54, 1.807) is 0 Å². The summed E-state index contributed by atoms with van der Waals surface area (Å²) in [5.41, 5.74) is 2.18. The zero-order valence-electron chi connectivity index (χ0n) is 10.4. The molecular weight excluding hydrogens is 214 g/mol. The number of aromatic nitrogens is 1. The van der Waals surface area contributed by atoms with Crippen LogP contribution in [0.3, 0.4) is 0 Å². The van der Waals surface area contributed by atoms with Crippen molar-refractivity contribution in [1.29, 1.82) is 0 Å². The average molecular weight is 233 g/mol. The molecule has 1 aromatic heterocycles. The van der Waals surface area contributed by atoms with Crippen LogP contribution in [0.25, 0.3) is 0 Å². The third-order valence-corrected chi connectivity index (χ3v) is 3.81. The second kappa shape index (κ2) is 3.88. The highest BCUT2D eigenvalue weighted by Gasteiger charge is 2.40. The molecule has 0 spiro atoms. The summed E-state index contributed by atoms with van der Waals surface area (Å²) in [5.74, 6) is 0.555. The third-order valence-electron chi connectivity index (χ3n) is 3.81. The Morgan fingerprint density at radius 2 is 2.24 bits per heavy atom. The standard InChI is InChI=1S/C13H19N3O/c1-15(2)12-5-4-11-9-8-10(9)14-6-3-7-16(11)13(12)17/h4-5,9-10,14H,3,6-8H2,1-2H3. The van der Waals surface area contributed by atoms with Gasteiger partial charge in [-0.15, -0.1) is 0 Å². The molecule has 2 unspecified atom stereocenters. The molecule has 1 N–H and O–H groups in total. The number of hydrogen-bond acceptors (Lipinski definition) is 3. The van der Waals surface area contributed by atoms with Gasteiger partial charge in [-0.1, -0.05) is 0 Å². The first kappa shape index (κ1) is 10.8. The van der Waals surface area contributed by atoms with Crippen LogP contribution in [-0.4, -0.2) is 31.2 Å². The van der Waals surface area contributed by atoms with Gasteiger partial charge in [0, 0.05) is 38.3 Å². The lowest BCUT2D eigenvalue weighted by atomic mass is 10.2. The van der Waals surface area contributed by atoms with Crippen molar-refractivity contribution in [1.82, 2.24) is 9.88 Å². The Hall–Kier alpha value is -1.29. The van der Waals surface area contributed by atoms with Crippen molar-refractivity contribution in [2.24, 2.45) is 0 Å². The van der Waals surface area contributed by atoms with Gasteiger partial charge < -0.3 is 14.8 Å². The highest BCUT2D eigenvalue weighted by molar-refractivity contribution is 5.44. The number of pyridine rings is 1. The minimum atomic E-state index is 0.167. The zero-order valence-corrected chi connectivity index (χ0v) is 10.4. The van der Waals surface area contributed by atoms with Crippen LogP contribution in [0.1, 0.15) is 24.5 Å². The van der Waals surface area contributed by atoms with Gasteiger partial charge in [0.25, 0.3) is 5.56 Å². The second-order valence-electron chi connectivity index (χ2n) is 5.25. The first-order valence-electron chi connectivity index (χ1n) is 6.33. The highest BCUT2D eigenvalue weighted by Crippen LogP contribution is 2.41. The minimum Gasteiger partial charge on any atom is -0.373 e. The summed E-state index contributed by atoms with van der Waals surface area (Å²) in [6.45, 7) is 1.87. The maximum absolute atomic E-state index is 12.4. The van der Waals surface area contributed by atoms with Crippen molar-refractivity contribution in [3.8, 4) is 0 Å². The number of anilines is 1. The zero-order chi connectivity index (χ0) is 12.0. The van der Waals surface area contributed by atoms with Crippen LogP contribution < -0.4 is 15.8 Å². The molecule has 2 aliphatic rings. The SMILES string of the molecule is CN(C)c1ccc2n(c1=O)CCCNC1CC21.